The van der Waals surface area contributed by atoms with E-state index in [0.29, 0.717) is 0 Å². The molecule has 6 heteroatoms. The zero-order chi connectivity index (χ0) is 24.6. The Morgan fingerprint density at radius 1 is 0.429 bits per heavy atom. The van der Waals surface area contributed by atoms with Crippen molar-refractivity contribution in [2.24, 2.45) is 0 Å². The van der Waals surface area contributed by atoms with Crippen LogP contribution in [-0.2, 0) is 0 Å². The van der Waals surface area contributed by atoms with E-state index in [-0.39, 0.29) is 46.2 Å². The molecular weight excluding hydrogens is 568 g/mol. The molecule has 4 N–H and O–H groups in total. The quantitative estimate of drug-likeness (QED) is 0.0852. The highest BCUT2D eigenvalue weighted by Gasteiger charge is 2.13. The molecule has 0 aliphatic rings. The Balaban J connectivity index is -0.00000512. The molecule has 0 saturated carbocycles. The number of nitrogens with one attached hydrogen (secondary N) is 2. The Bertz CT molecular complexity index is 354. The summed E-state index contributed by atoms with van der Waals surface area (Å²) >= 11 is 0. The van der Waals surface area contributed by atoms with E-state index >= 15 is 0 Å². The molecule has 0 amide bonds. The summed E-state index contributed by atoms with van der Waals surface area (Å²) in [5, 5.41) is 19.8. The maximum atomic E-state index is 9.90. The van der Waals surface area contributed by atoms with Crippen molar-refractivity contribution in [1.82, 2.24) is 0 Å². The van der Waals surface area contributed by atoms with Gasteiger partial charge in [-0.3, -0.25) is 0 Å². The first-order chi connectivity index (χ1) is 16.0. The molecule has 0 radical (unpaired) electrons. The molecule has 0 aromatic heterocycles. The second kappa shape index (κ2) is 31.0. The first-order valence-electron chi connectivity index (χ1n) is 15.0. The normalized spacial score (nSPS) is 14.6. The Kier molecular flexibility index (Phi) is 35.7. The fourth-order valence-electron chi connectivity index (χ4n) is 5.08. The van der Waals surface area contributed by atoms with E-state index in [9.17, 15) is 10.2 Å². The van der Waals surface area contributed by atoms with Crippen molar-refractivity contribution in [2.75, 3.05) is 39.3 Å². The van der Waals surface area contributed by atoms with E-state index in [0.717, 1.165) is 13.1 Å². The second-order valence-electron chi connectivity index (χ2n) is 10.9. The number of aliphatic hydroxyl groups is 2. The topological polar surface area (TPSA) is 49.3 Å². The number of aliphatic hydroxyl groups excluding tert-OH is 2. The van der Waals surface area contributed by atoms with Crippen molar-refractivity contribution < 1.29 is 54.0 Å². The van der Waals surface area contributed by atoms with Gasteiger partial charge in [-0.25, -0.2) is 0 Å². The maximum absolute atomic E-state index is 9.90. The predicted molar refractivity (Wildman–Crippen MR) is 144 cm³/mol. The highest BCUT2D eigenvalue weighted by Crippen LogP contribution is 2.07. The van der Waals surface area contributed by atoms with Crippen LogP contribution in [0.4, 0.5) is 0 Å². The Hall–Kier alpha value is 0.800. The van der Waals surface area contributed by atoms with Gasteiger partial charge in [0.15, 0.2) is 0 Å². The highest BCUT2D eigenvalue weighted by molar-refractivity contribution is 4.49. The molecule has 0 fully saturated rings. The second-order valence-corrected chi connectivity index (χ2v) is 10.9. The molecule has 0 spiro atoms. The maximum Gasteiger partial charge on any atom is 0.103 e. The number of hydrogen-bond donors (Lipinski definition) is 4. The van der Waals surface area contributed by atoms with Gasteiger partial charge in [-0.05, 0) is 58.8 Å². The van der Waals surface area contributed by atoms with Gasteiger partial charge in [0.25, 0.3) is 0 Å². The Labute approximate surface area is 241 Å². The summed E-state index contributed by atoms with van der Waals surface area (Å²) < 4.78 is 0. The van der Waals surface area contributed by atoms with Crippen LogP contribution in [0.15, 0.2) is 0 Å². The monoisotopic (exact) mass is 630 g/mol. The van der Waals surface area contributed by atoms with Gasteiger partial charge >= 0.3 is 0 Å². The standard InChI is InChI=1S/C29H62N2O2.2BrH/c1-5-7-9-11-13-15-18-22-30(26-28(3)32)24-20-17-21-25-31(27-29(4)33)23-19-16-14-12-10-8-6-2;;/h28-29,32-33H,5-27H2,1-4H3;2*1H. The molecule has 35 heavy (non-hydrogen) atoms. The van der Waals surface area contributed by atoms with Gasteiger partial charge in [-0.2, -0.15) is 0 Å². The highest BCUT2D eigenvalue weighted by atomic mass is 79.9. The van der Waals surface area contributed by atoms with E-state index in [4.69, 9.17) is 0 Å². The molecule has 216 valence electrons. The summed E-state index contributed by atoms with van der Waals surface area (Å²) in [4.78, 5) is 3.18. The lowest BCUT2D eigenvalue weighted by atomic mass is 10.1. The zero-order valence-corrected chi connectivity index (χ0v) is 27.2. The summed E-state index contributed by atoms with van der Waals surface area (Å²) in [7, 11) is 0. The lowest BCUT2D eigenvalue weighted by Crippen LogP contribution is -3.13. The van der Waals surface area contributed by atoms with Crippen LogP contribution in [0.1, 0.15) is 137 Å². The largest absolute Gasteiger partial charge is 1.00 e. The third-order valence-corrected chi connectivity index (χ3v) is 7.00. The minimum atomic E-state index is -0.197. The number of halogens is 2. The molecule has 0 heterocycles. The summed E-state index contributed by atoms with van der Waals surface area (Å²) in [5.41, 5.74) is 0. The lowest BCUT2D eigenvalue weighted by molar-refractivity contribution is -0.905. The number of unbranched alkanes of at least 4 members (excludes halogenated alkanes) is 14. The van der Waals surface area contributed by atoms with Crippen LogP contribution in [0, 0.1) is 0 Å². The molecule has 0 aromatic rings. The summed E-state index contributed by atoms with van der Waals surface area (Å²) in [6.45, 7) is 15.1. The fourth-order valence-corrected chi connectivity index (χ4v) is 5.08. The number of rotatable bonds is 26. The molecular formula is C29H64Br2N2O2. The lowest BCUT2D eigenvalue weighted by Gasteiger charge is -2.22. The van der Waals surface area contributed by atoms with Gasteiger partial charge in [0, 0.05) is 0 Å². The fraction of sp³-hybridized carbons (Fsp3) is 1.00. The predicted octanol–water partition coefficient (Wildman–Crippen LogP) is -1.80. The summed E-state index contributed by atoms with van der Waals surface area (Å²) in [6.07, 6.45) is 22.5. The minimum absolute atomic E-state index is 0. The molecule has 0 bridgehead atoms. The molecule has 0 saturated heterocycles. The SMILES string of the molecule is CCCCCCCCC[NH+](CCCCC[NH+](CCCCCCCCC)CC(C)O)CC(C)O.[Br-].[Br-]. The van der Waals surface area contributed by atoms with E-state index in [1.165, 1.54) is 135 Å². The van der Waals surface area contributed by atoms with Gasteiger partial charge in [0.1, 0.15) is 25.3 Å². The first-order valence-corrected chi connectivity index (χ1v) is 15.0. The van der Waals surface area contributed by atoms with Gasteiger partial charge in [0.2, 0.25) is 0 Å². The Morgan fingerprint density at radius 2 is 0.657 bits per heavy atom. The molecule has 0 aliphatic heterocycles. The molecule has 0 rings (SSSR count). The van der Waals surface area contributed by atoms with Crippen LogP contribution in [-0.4, -0.2) is 61.7 Å². The van der Waals surface area contributed by atoms with Crippen molar-refractivity contribution in [2.45, 2.75) is 149 Å². The van der Waals surface area contributed by atoms with Crippen molar-refractivity contribution in [3.05, 3.63) is 0 Å². The Morgan fingerprint density at radius 3 is 0.914 bits per heavy atom. The van der Waals surface area contributed by atoms with Gasteiger partial charge in [0.05, 0.1) is 26.2 Å². The first kappa shape index (κ1) is 40.3. The third-order valence-electron chi connectivity index (χ3n) is 7.00. The smallest absolute Gasteiger partial charge is 0.103 e. The van der Waals surface area contributed by atoms with Crippen LogP contribution >= 0.6 is 0 Å². The van der Waals surface area contributed by atoms with Crippen molar-refractivity contribution in [3.63, 3.8) is 0 Å². The van der Waals surface area contributed by atoms with Crippen LogP contribution in [0.25, 0.3) is 0 Å². The van der Waals surface area contributed by atoms with Crippen LogP contribution < -0.4 is 43.8 Å². The molecule has 4 atom stereocenters. The van der Waals surface area contributed by atoms with Gasteiger partial charge < -0.3 is 54.0 Å². The van der Waals surface area contributed by atoms with Crippen LogP contribution in [0.3, 0.4) is 0 Å². The molecule has 4 unspecified atom stereocenters. The van der Waals surface area contributed by atoms with Gasteiger partial charge in [-0.15, -0.1) is 0 Å². The molecule has 4 nitrogen and oxygen atoms in total. The van der Waals surface area contributed by atoms with E-state index in [1.54, 1.807) is 9.80 Å². The summed E-state index contributed by atoms with van der Waals surface area (Å²) in [6, 6.07) is 0. The van der Waals surface area contributed by atoms with E-state index < -0.39 is 0 Å². The zero-order valence-electron chi connectivity index (χ0n) is 24.1. The van der Waals surface area contributed by atoms with Crippen molar-refractivity contribution in [3.8, 4) is 0 Å². The molecule has 0 aliphatic carbocycles. The number of quaternary nitrogens is 2. The van der Waals surface area contributed by atoms with Crippen molar-refractivity contribution >= 4 is 0 Å². The van der Waals surface area contributed by atoms with Crippen LogP contribution in [0.5, 0.6) is 0 Å². The van der Waals surface area contributed by atoms with E-state index in [2.05, 4.69) is 13.8 Å². The number of hydrogen-bond acceptors (Lipinski definition) is 2. The van der Waals surface area contributed by atoms with Crippen molar-refractivity contribution in [1.29, 1.82) is 0 Å². The molecule has 0 aromatic carbocycles. The van der Waals surface area contributed by atoms with Crippen LogP contribution in [0.2, 0.25) is 0 Å². The summed E-state index contributed by atoms with van der Waals surface area (Å²) in [5.74, 6) is 0. The van der Waals surface area contributed by atoms with E-state index in [1.807, 2.05) is 13.8 Å². The average molecular weight is 633 g/mol. The third kappa shape index (κ3) is 30.9. The van der Waals surface area contributed by atoms with Gasteiger partial charge in [-0.1, -0.05) is 78.1 Å². The minimum Gasteiger partial charge on any atom is -1.00 e. The average Bonchev–Trinajstić information content (AvgIpc) is 2.76.